The van der Waals surface area contributed by atoms with Crippen molar-refractivity contribution in [2.45, 2.75) is 32.9 Å². The molecule has 1 N–H and O–H groups in total. The molecule has 0 saturated heterocycles. The molecule has 4 nitrogen and oxygen atoms in total. The number of nitrogens with zero attached hydrogens (tertiary/aromatic N) is 2. The number of aryl methyl sites for hydroxylation is 3. The summed E-state index contributed by atoms with van der Waals surface area (Å²) in [4.78, 5) is 12.6. The van der Waals surface area contributed by atoms with Gasteiger partial charge in [0.05, 0.1) is 17.2 Å². The second kappa shape index (κ2) is 9.59. The Balaban J connectivity index is 1.26. The molecule has 3 aromatic carbocycles. The molecule has 1 heterocycles. The smallest absolute Gasteiger partial charge is 0.250 e. The highest BCUT2D eigenvalue weighted by molar-refractivity contribution is 8.00. The maximum absolute atomic E-state index is 12.6. The molecular formula is C30H29N3OS. The summed E-state index contributed by atoms with van der Waals surface area (Å²) in [6, 6.07) is 25.6. The minimum Gasteiger partial charge on any atom is -0.318 e. The summed E-state index contributed by atoms with van der Waals surface area (Å²) in [6.45, 7) is 8.40. The van der Waals surface area contributed by atoms with Crippen LogP contribution in [0.15, 0.2) is 77.9 Å². The lowest BCUT2D eigenvalue weighted by molar-refractivity contribution is -0.118. The molecule has 1 aliphatic carbocycles. The van der Waals surface area contributed by atoms with Gasteiger partial charge in [0.2, 0.25) is 5.91 Å². The molecule has 0 spiro atoms. The third-order valence-electron chi connectivity index (χ3n) is 6.49. The lowest BCUT2D eigenvalue weighted by atomic mass is 10.1. The van der Waals surface area contributed by atoms with Gasteiger partial charge in [0, 0.05) is 22.6 Å². The average molecular weight is 480 g/mol. The van der Waals surface area contributed by atoms with E-state index < -0.39 is 0 Å². The second-order valence-corrected chi connectivity index (χ2v) is 10.3. The summed E-state index contributed by atoms with van der Waals surface area (Å²) in [5.74, 6) is 0.239. The van der Waals surface area contributed by atoms with E-state index >= 15 is 0 Å². The van der Waals surface area contributed by atoms with Crippen LogP contribution in [0, 0.1) is 27.7 Å². The number of hydrazone groups is 1. The molecule has 176 valence electrons. The van der Waals surface area contributed by atoms with Gasteiger partial charge in [-0.15, -0.1) is 11.8 Å². The van der Waals surface area contributed by atoms with Gasteiger partial charge in [-0.3, -0.25) is 4.79 Å². The molecule has 0 bridgehead atoms. The van der Waals surface area contributed by atoms with E-state index in [9.17, 15) is 4.79 Å². The summed E-state index contributed by atoms with van der Waals surface area (Å²) in [5, 5.41) is 4.43. The average Bonchev–Trinajstić information content (AvgIpc) is 3.30. The molecule has 0 fully saturated rings. The standard InChI is InChI=1S/C30H29N3OS/c1-19-13-20(2)15-24(14-19)33-21(3)16-23(22(33)4)17-31-32-29(34)18-35-30-27-11-7-5-9-25(27)26-10-6-8-12-28(26)30/h5-17,30H,18H2,1-4H3,(H,32,34)/b31-17+. The molecule has 35 heavy (non-hydrogen) atoms. The van der Waals surface area contributed by atoms with Crippen molar-refractivity contribution in [1.29, 1.82) is 0 Å². The van der Waals surface area contributed by atoms with Gasteiger partial charge in [-0.05, 0) is 79.3 Å². The van der Waals surface area contributed by atoms with Gasteiger partial charge in [-0.25, -0.2) is 5.43 Å². The van der Waals surface area contributed by atoms with Crippen molar-refractivity contribution in [3.8, 4) is 16.8 Å². The van der Waals surface area contributed by atoms with Crippen molar-refractivity contribution < 1.29 is 4.79 Å². The first kappa shape index (κ1) is 23.2. The van der Waals surface area contributed by atoms with Gasteiger partial charge in [-0.2, -0.15) is 5.10 Å². The predicted octanol–water partition coefficient (Wildman–Crippen LogP) is 6.66. The summed E-state index contributed by atoms with van der Waals surface area (Å²) >= 11 is 1.64. The predicted molar refractivity (Wildman–Crippen MR) is 147 cm³/mol. The van der Waals surface area contributed by atoms with Crippen LogP contribution in [0.4, 0.5) is 0 Å². The number of benzene rings is 3. The van der Waals surface area contributed by atoms with Gasteiger partial charge in [0.25, 0.3) is 0 Å². The van der Waals surface area contributed by atoms with Crippen LogP contribution >= 0.6 is 11.8 Å². The van der Waals surface area contributed by atoms with Crippen molar-refractivity contribution in [1.82, 2.24) is 9.99 Å². The van der Waals surface area contributed by atoms with Crippen LogP contribution in [0.5, 0.6) is 0 Å². The fraction of sp³-hybridized carbons (Fsp3) is 0.200. The monoisotopic (exact) mass is 479 g/mol. The van der Waals surface area contributed by atoms with Crippen LogP contribution in [0.3, 0.4) is 0 Å². The Labute approximate surface area is 211 Å². The summed E-state index contributed by atoms with van der Waals surface area (Å²) < 4.78 is 2.23. The zero-order valence-electron chi connectivity index (χ0n) is 20.5. The topological polar surface area (TPSA) is 46.4 Å². The van der Waals surface area contributed by atoms with Gasteiger partial charge in [-0.1, -0.05) is 54.6 Å². The first-order chi connectivity index (χ1) is 16.9. The Morgan fingerprint density at radius 3 is 2.14 bits per heavy atom. The van der Waals surface area contributed by atoms with Gasteiger partial charge in [0.15, 0.2) is 0 Å². The highest BCUT2D eigenvalue weighted by Gasteiger charge is 2.28. The third kappa shape index (κ3) is 4.56. The second-order valence-electron chi connectivity index (χ2n) is 9.17. The number of rotatable bonds is 6. The highest BCUT2D eigenvalue weighted by atomic mass is 32.2. The number of fused-ring (bicyclic) bond motifs is 3. The van der Waals surface area contributed by atoms with Gasteiger partial charge >= 0.3 is 0 Å². The maximum Gasteiger partial charge on any atom is 0.250 e. The Morgan fingerprint density at radius 2 is 1.51 bits per heavy atom. The van der Waals surface area contributed by atoms with Crippen molar-refractivity contribution in [3.05, 3.63) is 112 Å². The molecule has 0 radical (unpaired) electrons. The number of carbonyl (C=O) groups excluding carboxylic acids is 1. The Morgan fingerprint density at radius 1 is 0.914 bits per heavy atom. The number of carbonyl (C=O) groups is 1. The molecule has 1 aliphatic rings. The first-order valence-electron chi connectivity index (χ1n) is 11.8. The zero-order chi connectivity index (χ0) is 24.5. The van der Waals surface area contributed by atoms with E-state index in [-0.39, 0.29) is 11.2 Å². The van der Waals surface area contributed by atoms with E-state index in [1.165, 1.54) is 33.4 Å². The third-order valence-corrected chi connectivity index (χ3v) is 7.76. The largest absolute Gasteiger partial charge is 0.318 e. The van der Waals surface area contributed by atoms with E-state index in [0.29, 0.717) is 5.75 Å². The molecule has 5 heteroatoms. The fourth-order valence-electron chi connectivity index (χ4n) is 5.05. The highest BCUT2D eigenvalue weighted by Crippen LogP contribution is 2.49. The Kier molecular flexibility index (Phi) is 6.35. The number of nitrogens with one attached hydrogen (secondary N) is 1. The van der Waals surface area contributed by atoms with Crippen molar-refractivity contribution in [2.75, 3.05) is 5.75 Å². The van der Waals surface area contributed by atoms with Crippen LogP contribution in [0.25, 0.3) is 16.8 Å². The molecule has 4 aromatic rings. The number of aromatic nitrogens is 1. The molecule has 1 aromatic heterocycles. The van der Waals surface area contributed by atoms with E-state index in [0.717, 1.165) is 22.6 Å². The summed E-state index contributed by atoms with van der Waals surface area (Å²) in [7, 11) is 0. The SMILES string of the molecule is Cc1cc(C)cc(-n2c(C)cc(/C=N/NC(=O)CSC3c4ccccc4-c4ccccc43)c2C)c1. The van der Waals surface area contributed by atoms with E-state index in [1.54, 1.807) is 18.0 Å². The van der Waals surface area contributed by atoms with Crippen molar-refractivity contribution in [3.63, 3.8) is 0 Å². The van der Waals surface area contributed by atoms with E-state index in [1.807, 2.05) is 0 Å². The molecule has 0 aliphatic heterocycles. The fourth-order valence-corrected chi connectivity index (χ4v) is 6.20. The zero-order valence-corrected chi connectivity index (χ0v) is 21.3. The molecule has 0 unspecified atom stereocenters. The Bertz CT molecular complexity index is 1380. The number of amides is 1. The molecule has 0 saturated carbocycles. The molecular weight excluding hydrogens is 450 g/mol. The Hall–Kier alpha value is -3.57. The quantitative estimate of drug-likeness (QED) is 0.248. The van der Waals surface area contributed by atoms with Crippen LogP contribution in [0.2, 0.25) is 0 Å². The van der Waals surface area contributed by atoms with Crippen LogP contribution in [0.1, 0.15) is 44.5 Å². The number of thioether (sulfide) groups is 1. The minimum atomic E-state index is -0.101. The van der Waals surface area contributed by atoms with Crippen LogP contribution < -0.4 is 5.43 Å². The molecule has 0 atom stereocenters. The first-order valence-corrected chi connectivity index (χ1v) is 12.9. The van der Waals surface area contributed by atoms with Gasteiger partial charge < -0.3 is 4.57 Å². The minimum absolute atomic E-state index is 0.101. The lowest BCUT2D eigenvalue weighted by Gasteiger charge is -2.12. The van der Waals surface area contributed by atoms with E-state index in [4.69, 9.17) is 0 Å². The number of hydrogen-bond acceptors (Lipinski definition) is 3. The number of hydrogen-bond donors (Lipinski definition) is 1. The lowest BCUT2D eigenvalue weighted by Crippen LogP contribution is -2.20. The van der Waals surface area contributed by atoms with Crippen LogP contribution in [-0.4, -0.2) is 22.4 Å². The van der Waals surface area contributed by atoms with Gasteiger partial charge in [0.1, 0.15) is 0 Å². The molecule has 1 amide bonds. The summed E-state index contributed by atoms with van der Waals surface area (Å²) in [5.41, 5.74) is 14.6. The summed E-state index contributed by atoms with van der Waals surface area (Å²) in [6.07, 6.45) is 1.74. The van der Waals surface area contributed by atoms with Crippen LogP contribution in [-0.2, 0) is 4.79 Å². The van der Waals surface area contributed by atoms with Crippen molar-refractivity contribution >= 4 is 23.9 Å². The normalized spacial score (nSPS) is 12.7. The maximum atomic E-state index is 12.6. The van der Waals surface area contributed by atoms with E-state index in [2.05, 4.69) is 116 Å². The molecule has 5 rings (SSSR count). The van der Waals surface area contributed by atoms with Crippen molar-refractivity contribution in [2.24, 2.45) is 5.10 Å².